The number of nitriles is 1. The van der Waals surface area contributed by atoms with Crippen molar-refractivity contribution in [1.82, 2.24) is 0 Å². The molecule has 1 aliphatic rings. The van der Waals surface area contributed by atoms with Crippen LogP contribution >= 0.6 is 0 Å². The van der Waals surface area contributed by atoms with Gasteiger partial charge in [0.2, 0.25) is 5.90 Å². The SMILES string of the molecule is C[C@@H](N)Cc1cc(C#N)c2c(c1)CCN2CCCOC(=N)c1ccccc1. The number of fused-ring (bicyclic) bond motifs is 1. The second-order valence-corrected chi connectivity index (χ2v) is 7.08. The van der Waals surface area contributed by atoms with Crippen molar-refractivity contribution >= 4 is 11.6 Å². The van der Waals surface area contributed by atoms with Crippen LogP contribution in [-0.4, -0.2) is 31.6 Å². The van der Waals surface area contributed by atoms with Crippen LogP contribution in [0.2, 0.25) is 0 Å². The summed E-state index contributed by atoms with van der Waals surface area (Å²) >= 11 is 0. The molecular weight excluding hydrogens is 336 g/mol. The lowest BCUT2D eigenvalue weighted by Crippen LogP contribution is -2.24. The number of anilines is 1. The summed E-state index contributed by atoms with van der Waals surface area (Å²) in [5.41, 5.74) is 10.9. The zero-order valence-corrected chi connectivity index (χ0v) is 15.7. The van der Waals surface area contributed by atoms with Crippen LogP contribution in [0, 0.1) is 16.7 Å². The fraction of sp³-hybridized carbons (Fsp3) is 0.364. The minimum atomic E-state index is 0.0872. The van der Waals surface area contributed by atoms with Crippen LogP contribution in [0.15, 0.2) is 42.5 Å². The van der Waals surface area contributed by atoms with Crippen LogP contribution in [0.4, 0.5) is 5.69 Å². The third-order valence-electron chi connectivity index (χ3n) is 4.75. The number of hydrogen-bond acceptors (Lipinski definition) is 5. The van der Waals surface area contributed by atoms with Crippen LogP contribution in [0.1, 0.15) is 35.6 Å². The zero-order valence-electron chi connectivity index (χ0n) is 15.7. The zero-order chi connectivity index (χ0) is 19.2. The molecule has 0 aromatic heterocycles. The Kier molecular flexibility index (Phi) is 6.10. The first kappa shape index (κ1) is 18.9. The van der Waals surface area contributed by atoms with Gasteiger partial charge in [0.15, 0.2) is 0 Å². The van der Waals surface area contributed by atoms with Gasteiger partial charge in [0.25, 0.3) is 0 Å². The van der Waals surface area contributed by atoms with Gasteiger partial charge in [-0.2, -0.15) is 5.26 Å². The molecular formula is C22H26N4O. The Hall–Kier alpha value is -2.84. The monoisotopic (exact) mass is 362 g/mol. The maximum Gasteiger partial charge on any atom is 0.213 e. The van der Waals surface area contributed by atoms with Crippen molar-refractivity contribution in [2.24, 2.45) is 5.73 Å². The van der Waals surface area contributed by atoms with Crippen LogP contribution in [0.5, 0.6) is 0 Å². The van der Waals surface area contributed by atoms with Crippen molar-refractivity contribution in [2.45, 2.75) is 32.2 Å². The number of hydrogen-bond donors (Lipinski definition) is 2. The average Bonchev–Trinajstić information content (AvgIpc) is 3.07. The molecule has 0 bridgehead atoms. The van der Waals surface area contributed by atoms with Gasteiger partial charge in [-0.15, -0.1) is 0 Å². The standard InChI is InChI=1S/C22H26N4O/c1-16(24)12-17-13-19-8-10-26(21(19)20(14-17)15-23)9-5-11-27-22(25)18-6-3-2-4-7-18/h2-4,6-7,13-14,16,25H,5,8-12,24H2,1H3/t16-/m1/s1. The number of nitrogens with zero attached hydrogens (tertiary/aromatic N) is 2. The highest BCUT2D eigenvalue weighted by Gasteiger charge is 2.23. The van der Waals surface area contributed by atoms with Crippen molar-refractivity contribution < 1.29 is 4.74 Å². The molecule has 5 nitrogen and oxygen atoms in total. The van der Waals surface area contributed by atoms with E-state index in [2.05, 4.69) is 17.0 Å². The van der Waals surface area contributed by atoms with E-state index in [4.69, 9.17) is 15.9 Å². The summed E-state index contributed by atoms with van der Waals surface area (Å²) in [4.78, 5) is 2.26. The quantitative estimate of drug-likeness (QED) is 0.450. The molecule has 1 aliphatic heterocycles. The lowest BCUT2D eigenvalue weighted by molar-refractivity contribution is 0.298. The van der Waals surface area contributed by atoms with Crippen LogP contribution < -0.4 is 10.6 Å². The molecule has 2 aromatic rings. The molecule has 0 unspecified atom stereocenters. The summed E-state index contributed by atoms with van der Waals surface area (Å²) < 4.78 is 5.57. The molecule has 0 aliphatic carbocycles. The Labute approximate surface area is 160 Å². The number of nitrogens with one attached hydrogen (secondary N) is 1. The summed E-state index contributed by atoms with van der Waals surface area (Å²) in [6, 6.07) is 16.1. The molecule has 0 fully saturated rings. The number of ether oxygens (including phenoxy) is 1. The highest BCUT2D eigenvalue weighted by Crippen LogP contribution is 2.33. The van der Waals surface area contributed by atoms with Crippen molar-refractivity contribution in [1.29, 1.82) is 10.7 Å². The Bertz CT molecular complexity index is 839. The molecule has 0 saturated carbocycles. The van der Waals surface area contributed by atoms with E-state index in [0.29, 0.717) is 6.61 Å². The third-order valence-corrected chi connectivity index (χ3v) is 4.75. The summed E-state index contributed by atoms with van der Waals surface area (Å²) in [7, 11) is 0. The van der Waals surface area contributed by atoms with E-state index in [9.17, 15) is 5.26 Å². The molecule has 3 rings (SSSR count). The fourth-order valence-electron chi connectivity index (χ4n) is 3.59. The molecule has 140 valence electrons. The average molecular weight is 362 g/mol. The molecule has 2 aromatic carbocycles. The first-order chi connectivity index (χ1) is 13.1. The second-order valence-electron chi connectivity index (χ2n) is 7.08. The van der Waals surface area contributed by atoms with Gasteiger partial charge in [0.05, 0.1) is 17.9 Å². The van der Waals surface area contributed by atoms with Crippen LogP contribution in [0.3, 0.4) is 0 Å². The van der Waals surface area contributed by atoms with E-state index in [1.807, 2.05) is 43.3 Å². The van der Waals surface area contributed by atoms with E-state index in [1.54, 1.807) is 0 Å². The molecule has 0 amide bonds. The Morgan fingerprint density at radius 1 is 1.33 bits per heavy atom. The summed E-state index contributed by atoms with van der Waals surface area (Å²) in [5.74, 6) is 0.204. The van der Waals surface area contributed by atoms with Gasteiger partial charge < -0.3 is 15.4 Å². The summed E-state index contributed by atoms with van der Waals surface area (Å²) in [6.45, 7) is 4.21. The third kappa shape index (κ3) is 4.66. The lowest BCUT2D eigenvalue weighted by atomic mass is 9.99. The van der Waals surface area contributed by atoms with Gasteiger partial charge >= 0.3 is 0 Å². The Morgan fingerprint density at radius 3 is 2.81 bits per heavy atom. The highest BCUT2D eigenvalue weighted by molar-refractivity contribution is 5.91. The molecule has 1 heterocycles. The first-order valence-electron chi connectivity index (χ1n) is 9.41. The molecule has 5 heteroatoms. The van der Waals surface area contributed by atoms with Crippen molar-refractivity contribution in [3.05, 3.63) is 64.7 Å². The normalized spacial score (nSPS) is 13.7. The minimum Gasteiger partial charge on any atom is -0.478 e. The maximum atomic E-state index is 9.59. The fourth-order valence-corrected chi connectivity index (χ4v) is 3.59. The van der Waals surface area contributed by atoms with Crippen molar-refractivity contribution in [3.8, 4) is 6.07 Å². The number of rotatable bonds is 7. The van der Waals surface area contributed by atoms with Crippen molar-refractivity contribution in [3.63, 3.8) is 0 Å². The number of benzene rings is 2. The van der Waals surface area contributed by atoms with Gasteiger partial charge in [-0.05, 0) is 55.5 Å². The second kappa shape index (κ2) is 8.70. The first-order valence-corrected chi connectivity index (χ1v) is 9.41. The summed E-state index contributed by atoms with van der Waals surface area (Å²) in [6.07, 6.45) is 2.55. The van der Waals surface area contributed by atoms with Gasteiger partial charge in [0.1, 0.15) is 6.07 Å². The van der Waals surface area contributed by atoms with Crippen LogP contribution in [-0.2, 0) is 17.6 Å². The molecule has 27 heavy (non-hydrogen) atoms. The predicted octanol–water partition coefficient (Wildman–Crippen LogP) is 3.24. The topological polar surface area (TPSA) is 86.1 Å². The molecule has 0 radical (unpaired) electrons. The number of nitrogens with two attached hydrogens (primary N) is 1. The van der Waals surface area contributed by atoms with Gasteiger partial charge in [-0.3, -0.25) is 5.41 Å². The summed E-state index contributed by atoms with van der Waals surface area (Å²) in [5, 5.41) is 17.6. The van der Waals surface area contributed by atoms with Gasteiger partial charge in [-0.25, -0.2) is 0 Å². The van der Waals surface area contributed by atoms with E-state index < -0.39 is 0 Å². The van der Waals surface area contributed by atoms with E-state index in [1.165, 1.54) is 5.56 Å². The van der Waals surface area contributed by atoms with Crippen molar-refractivity contribution in [2.75, 3.05) is 24.6 Å². The van der Waals surface area contributed by atoms with Gasteiger partial charge in [0, 0.05) is 24.7 Å². The Balaban J connectivity index is 1.58. The largest absolute Gasteiger partial charge is 0.478 e. The maximum absolute atomic E-state index is 9.59. The Morgan fingerprint density at radius 2 is 2.11 bits per heavy atom. The molecule has 3 N–H and O–H groups in total. The lowest BCUT2D eigenvalue weighted by Gasteiger charge is -2.21. The molecule has 0 spiro atoms. The minimum absolute atomic E-state index is 0.0872. The molecule has 1 atom stereocenters. The van der Waals surface area contributed by atoms with Gasteiger partial charge in [-0.1, -0.05) is 24.3 Å². The smallest absolute Gasteiger partial charge is 0.213 e. The predicted molar refractivity (Wildman–Crippen MR) is 108 cm³/mol. The van der Waals surface area contributed by atoms with E-state index in [-0.39, 0.29) is 11.9 Å². The highest BCUT2D eigenvalue weighted by atomic mass is 16.5. The van der Waals surface area contributed by atoms with Crippen LogP contribution in [0.25, 0.3) is 0 Å². The van der Waals surface area contributed by atoms with E-state index in [0.717, 1.165) is 54.7 Å². The molecule has 0 saturated heterocycles. The van der Waals surface area contributed by atoms with E-state index >= 15 is 0 Å².